The lowest BCUT2D eigenvalue weighted by atomic mass is 9.89. The van der Waals surface area contributed by atoms with Crippen LogP contribution in [0.25, 0.3) is 0 Å². The van der Waals surface area contributed by atoms with Crippen LogP contribution in [-0.4, -0.2) is 39.3 Å². The third-order valence-corrected chi connectivity index (χ3v) is 6.20. The summed E-state index contributed by atoms with van der Waals surface area (Å²) in [5.41, 5.74) is 1.89. The molecule has 1 amide bonds. The SMILES string of the molecule is CCOc1cccc(N(CC(=O)N[C@H]2CC(C)(C)Oc3ccc(C)cc32)S(C)(=O)=O)c1. The van der Waals surface area contributed by atoms with E-state index in [9.17, 15) is 13.2 Å². The van der Waals surface area contributed by atoms with E-state index in [0.29, 0.717) is 24.5 Å². The van der Waals surface area contributed by atoms with E-state index in [1.165, 1.54) is 0 Å². The van der Waals surface area contributed by atoms with Crippen molar-refractivity contribution >= 4 is 21.6 Å². The largest absolute Gasteiger partial charge is 0.494 e. The van der Waals surface area contributed by atoms with Crippen molar-refractivity contribution in [2.75, 3.05) is 23.7 Å². The molecule has 1 aliphatic heterocycles. The van der Waals surface area contributed by atoms with Gasteiger partial charge < -0.3 is 14.8 Å². The number of amides is 1. The topological polar surface area (TPSA) is 84.9 Å². The number of hydrogen-bond acceptors (Lipinski definition) is 5. The normalized spacial score (nSPS) is 17.3. The van der Waals surface area contributed by atoms with E-state index in [2.05, 4.69) is 5.32 Å². The Labute approximate surface area is 184 Å². The van der Waals surface area contributed by atoms with E-state index in [1.807, 2.05) is 45.9 Å². The number of anilines is 1. The van der Waals surface area contributed by atoms with Crippen molar-refractivity contribution in [3.05, 3.63) is 53.6 Å². The Morgan fingerprint density at radius 2 is 2.00 bits per heavy atom. The van der Waals surface area contributed by atoms with Crippen LogP contribution in [0, 0.1) is 6.92 Å². The highest BCUT2D eigenvalue weighted by molar-refractivity contribution is 7.92. The first-order chi connectivity index (χ1) is 14.5. The standard InChI is InChI=1S/C23H30N2O5S/c1-6-29-18-9-7-8-17(13-18)25(31(5,27)28)15-22(26)24-20-14-23(3,4)30-21-11-10-16(2)12-19(20)21/h7-13,20H,6,14-15H2,1-5H3,(H,24,26)/t20-/m0/s1. The summed E-state index contributed by atoms with van der Waals surface area (Å²) in [5.74, 6) is 0.892. The molecule has 0 unspecified atom stereocenters. The van der Waals surface area contributed by atoms with Crippen molar-refractivity contribution in [3.8, 4) is 11.5 Å². The van der Waals surface area contributed by atoms with E-state index in [4.69, 9.17) is 9.47 Å². The number of ether oxygens (including phenoxy) is 2. The van der Waals surface area contributed by atoms with Gasteiger partial charge in [-0.05, 0) is 45.9 Å². The van der Waals surface area contributed by atoms with Crippen molar-refractivity contribution < 1.29 is 22.7 Å². The monoisotopic (exact) mass is 446 g/mol. The maximum atomic E-state index is 13.0. The lowest BCUT2D eigenvalue weighted by molar-refractivity contribution is -0.120. The van der Waals surface area contributed by atoms with E-state index in [-0.39, 0.29) is 18.5 Å². The molecule has 2 aromatic carbocycles. The molecular weight excluding hydrogens is 416 g/mol. The average Bonchev–Trinajstić information content (AvgIpc) is 2.66. The highest BCUT2D eigenvalue weighted by Crippen LogP contribution is 2.39. The van der Waals surface area contributed by atoms with Gasteiger partial charge in [0.2, 0.25) is 15.9 Å². The molecule has 168 valence electrons. The second-order valence-corrected chi connectivity index (χ2v) is 10.3. The molecule has 0 saturated heterocycles. The van der Waals surface area contributed by atoms with Crippen LogP contribution in [0.3, 0.4) is 0 Å². The summed E-state index contributed by atoms with van der Waals surface area (Å²) in [6.07, 6.45) is 1.66. The lowest BCUT2D eigenvalue weighted by Gasteiger charge is -2.38. The van der Waals surface area contributed by atoms with Gasteiger partial charge in [0.05, 0.1) is 24.6 Å². The van der Waals surface area contributed by atoms with Gasteiger partial charge in [0.1, 0.15) is 23.6 Å². The van der Waals surface area contributed by atoms with Gasteiger partial charge in [-0.15, -0.1) is 0 Å². The summed E-state index contributed by atoms with van der Waals surface area (Å²) in [7, 11) is -3.68. The quantitative estimate of drug-likeness (QED) is 0.703. The Morgan fingerprint density at radius 3 is 2.68 bits per heavy atom. The predicted octanol–water partition coefficient (Wildman–Crippen LogP) is 3.58. The van der Waals surface area contributed by atoms with Crippen LogP contribution in [0.5, 0.6) is 11.5 Å². The number of carbonyl (C=O) groups excluding carboxylic acids is 1. The predicted molar refractivity (Wildman–Crippen MR) is 121 cm³/mol. The van der Waals surface area contributed by atoms with E-state index < -0.39 is 15.6 Å². The smallest absolute Gasteiger partial charge is 0.241 e. The molecule has 1 atom stereocenters. The molecule has 0 fully saturated rings. The van der Waals surface area contributed by atoms with Crippen molar-refractivity contribution in [1.29, 1.82) is 0 Å². The maximum Gasteiger partial charge on any atom is 0.241 e. The zero-order valence-electron chi connectivity index (χ0n) is 18.6. The molecule has 7 nitrogen and oxygen atoms in total. The van der Waals surface area contributed by atoms with Crippen LogP contribution in [0.15, 0.2) is 42.5 Å². The minimum absolute atomic E-state index is 0.276. The molecule has 0 bridgehead atoms. The first-order valence-electron chi connectivity index (χ1n) is 10.3. The first-order valence-corrected chi connectivity index (χ1v) is 12.1. The molecule has 2 aromatic rings. The molecule has 0 saturated carbocycles. The second-order valence-electron chi connectivity index (χ2n) is 8.43. The summed E-state index contributed by atoms with van der Waals surface area (Å²) in [4.78, 5) is 13.0. The fourth-order valence-electron chi connectivity index (χ4n) is 3.77. The van der Waals surface area contributed by atoms with E-state index >= 15 is 0 Å². The molecule has 1 heterocycles. The van der Waals surface area contributed by atoms with Gasteiger partial charge in [0, 0.05) is 18.1 Å². The van der Waals surface area contributed by atoms with Gasteiger partial charge in [0.15, 0.2) is 0 Å². The highest BCUT2D eigenvalue weighted by atomic mass is 32.2. The first kappa shape index (κ1) is 22.9. The van der Waals surface area contributed by atoms with Gasteiger partial charge in [0.25, 0.3) is 0 Å². The van der Waals surface area contributed by atoms with Crippen LogP contribution in [0.1, 0.15) is 44.4 Å². The van der Waals surface area contributed by atoms with Crippen molar-refractivity contribution in [1.82, 2.24) is 5.32 Å². The van der Waals surface area contributed by atoms with Crippen LogP contribution in [0.4, 0.5) is 5.69 Å². The van der Waals surface area contributed by atoms with Gasteiger partial charge in [-0.1, -0.05) is 23.8 Å². The van der Waals surface area contributed by atoms with E-state index in [1.54, 1.807) is 24.3 Å². The zero-order chi connectivity index (χ0) is 22.8. The molecule has 0 aromatic heterocycles. The van der Waals surface area contributed by atoms with Crippen molar-refractivity contribution in [3.63, 3.8) is 0 Å². The zero-order valence-corrected chi connectivity index (χ0v) is 19.5. The minimum Gasteiger partial charge on any atom is -0.494 e. The fraction of sp³-hybridized carbons (Fsp3) is 0.435. The maximum absolute atomic E-state index is 13.0. The average molecular weight is 447 g/mol. The van der Waals surface area contributed by atoms with E-state index in [0.717, 1.165) is 27.4 Å². The molecule has 1 N–H and O–H groups in total. The molecular formula is C23H30N2O5S. The Morgan fingerprint density at radius 1 is 1.26 bits per heavy atom. The Bertz CT molecular complexity index is 1070. The second kappa shape index (κ2) is 8.78. The summed E-state index contributed by atoms with van der Waals surface area (Å²) in [6, 6.07) is 12.3. The van der Waals surface area contributed by atoms with Gasteiger partial charge in [-0.3, -0.25) is 9.10 Å². The molecule has 8 heteroatoms. The minimum atomic E-state index is -3.68. The Kier molecular flexibility index (Phi) is 6.50. The number of benzene rings is 2. The lowest BCUT2D eigenvalue weighted by Crippen LogP contribution is -2.45. The number of nitrogens with one attached hydrogen (secondary N) is 1. The number of aryl methyl sites for hydroxylation is 1. The fourth-order valence-corrected chi connectivity index (χ4v) is 4.62. The van der Waals surface area contributed by atoms with Gasteiger partial charge >= 0.3 is 0 Å². The number of hydrogen-bond donors (Lipinski definition) is 1. The Hall–Kier alpha value is -2.74. The third-order valence-electron chi connectivity index (χ3n) is 5.06. The number of rotatable bonds is 7. The molecule has 31 heavy (non-hydrogen) atoms. The van der Waals surface area contributed by atoms with Gasteiger partial charge in [-0.2, -0.15) is 0 Å². The van der Waals surface area contributed by atoms with Crippen molar-refractivity contribution in [2.45, 2.75) is 45.8 Å². The van der Waals surface area contributed by atoms with Crippen molar-refractivity contribution in [2.24, 2.45) is 0 Å². The summed E-state index contributed by atoms with van der Waals surface area (Å²) < 4.78 is 37.5. The molecule has 1 aliphatic rings. The molecule has 0 spiro atoms. The highest BCUT2D eigenvalue weighted by Gasteiger charge is 2.35. The molecule has 0 aliphatic carbocycles. The number of nitrogens with zero attached hydrogens (tertiary/aromatic N) is 1. The third kappa shape index (κ3) is 5.70. The number of carbonyl (C=O) groups is 1. The summed E-state index contributed by atoms with van der Waals surface area (Å²) in [5, 5.41) is 3.01. The summed E-state index contributed by atoms with van der Waals surface area (Å²) >= 11 is 0. The van der Waals surface area contributed by atoms with Gasteiger partial charge in [-0.25, -0.2) is 8.42 Å². The van der Waals surface area contributed by atoms with Crippen LogP contribution < -0.4 is 19.1 Å². The van der Waals surface area contributed by atoms with Crippen LogP contribution >= 0.6 is 0 Å². The number of fused-ring (bicyclic) bond motifs is 1. The van der Waals surface area contributed by atoms with Crippen LogP contribution in [-0.2, 0) is 14.8 Å². The molecule has 0 radical (unpaired) electrons. The number of sulfonamides is 1. The van der Waals surface area contributed by atoms with Crippen LogP contribution in [0.2, 0.25) is 0 Å². The Balaban J connectivity index is 1.84. The molecule has 3 rings (SSSR count). The summed E-state index contributed by atoms with van der Waals surface area (Å²) in [6.45, 7) is 7.90.